The molecule has 0 amide bonds. The van der Waals surface area contributed by atoms with E-state index in [0.717, 1.165) is 0 Å². The van der Waals surface area contributed by atoms with Gasteiger partial charge >= 0.3 is 95.2 Å². The van der Waals surface area contributed by atoms with Gasteiger partial charge in [0.15, 0.2) is 0 Å². The first-order valence-corrected chi connectivity index (χ1v) is 7.99. The monoisotopic (exact) mass is 261 g/mol. The van der Waals surface area contributed by atoms with Gasteiger partial charge in [0.2, 0.25) is 0 Å². The van der Waals surface area contributed by atoms with Crippen LogP contribution in [0.3, 0.4) is 0 Å². The standard InChI is InChI=1S/C12H23NSe/c1-2-3-4-5-6-7-8-9-10-11-14-12-13/h2-11H2,1H3. The molecule has 82 valence electrons. The molecule has 0 unspecified atom stereocenters. The van der Waals surface area contributed by atoms with E-state index in [1.807, 2.05) is 0 Å². The summed E-state index contributed by atoms with van der Waals surface area (Å²) < 4.78 is 0. The average molecular weight is 260 g/mol. The molecule has 0 aromatic heterocycles. The van der Waals surface area contributed by atoms with Crippen LogP contribution in [0.4, 0.5) is 0 Å². The maximum atomic E-state index is 8.37. The zero-order valence-corrected chi connectivity index (χ0v) is 11.1. The summed E-state index contributed by atoms with van der Waals surface area (Å²) in [5, 5.41) is 9.53. The SMILES string of the molecule is CCCCCCCCCCC[Se]C#N. The van der Waals surface area contributed by atoms with Crippen LogP contribution in [-0.2, 0) is 0 Å². The van der Waals surface area contributed by atoms with Crippen LogP contribution in [0.5, 0.6) is 0 Å². The second-order valence-electron chi connectivity index (χ2n) is 3.77. The topological polar surface area (TPSA) is 23.8 Å². The molecule has 1 nitrogen and oxygen atoms in total. The van der Waals surface area contributed by atoms with Gasteiger partial charge in [0.25, 0.3) is 0 Å². The minimum atomic E-state index is 0.265. The van der Waals surface area contributed by atoms with E-state index in [9.17, 15) is 0 Å². The first kappa shape index (κ1) is 14.0. The second-order valence-corrected chi connectivity index (χ2v) is 5.61. The summed E-state index contributed by atoms with van der Waals surface area (Å²) in [5.41, 5.74) is 0. The maximum absolute atomic E-state index is 8.37. The quantitative estimate of drug-likeness (QED) is 0.428. The number of hydrogen-bond acceptors (Lipinski definition) is 1. The molecule has 0 radical (unpaired) electrons. The van der Waals surface area contributed by atoms with E-state index in [1.54, 1.807) is 0 Å². The number of hydrogen-bond donors (Lipinski definition) is 0. The van der Waals surface area contributed by atoms with Crippen molar-refractivity contribution >= 4 is 15.0 Å². The predicted molar refractivity (Wildman–Crippen MR) is 63.4 cm³/mol. The molecule has 0 N–H and O–H groups in total. The fourth-order valence-electron chi connectivity index (χ4n) is 1.53. The summed E-state index contributed by atoms with van der Waals surface area (Å²) in [4.78, 5) is 2.26. The van der Waals surface area contributed by atoms with Crippen LogP contribution < -0.4 is 0 Å². The van der Waals surface area contributed by atoms with E-state index in [1.165, 1.54) is 63.1 Å². The minimum absolute atomic E-state index is 0.265. The van der Waals surface area contributed by atoms with E-state index in [4.69, 9.17) is 5.26 Å². The Morgan fingerprint density at radius 3 is 1.86 bits per heavy atom. The van der Waals surface area contributed by atoms with Crippen molar-refractivity contribution in [2.75, 3.05) is 0 Å². The van der Waals surface area contributed by atoms with E-state index in [-0.39, 0.29) is 15.0 Å². The first-order valence-electron chi connectivity index (χ1n) is 5.92. The van der Waals surface area contributed by atoms with Crippen LogP contribution in [0.2, 0.25) is 5.32 Å². The Balaban J connectivity index is 2.82. The molecule has 0 aromatic rings. The Hall–Kier alpha value is 0.00948. The van der Waals surface area contributed by atoms with Crippen LogP contribution in [0.1, 0.15) is 64.7 Å². The molecule has 0 aromatic carbocycles. The van der Waals surface area contributed by atoms with Crippen molar-refractivity contribution < 1.29 is 0 Å². The Labute approximate surface area is 95.4 Å². The summed E-state index contributed by atoms with van der Waals surface area (Å²) >= 11 is 0.265. The van der Waals surface area contributed by atoms with Gasteiger partial charge in [-0.05, 0) is 0 Å². The third-order valence-electron chi connectivity index (χ3n) is 2.41. The van der Waals surface area contributed by atoms with Crippen LogP contribution in [-0.4, -0.2) is 15.0 Å². The van der Waals surface area contributed by atoms with Gasteiger partial charge in [0.05, 0.1) is 0 Å². The van der Waals surface area contributed by atoms with Crippen molar-refractivity contribution in [2.45, 2.75) is 70.0 Å². The van der Waals surface area contributed by atoms with E-state index in [2.05, 4.69) is 11.9 Å². The first-order chi connectivity index (χ1) is 6.91. The van der Waals surface area contributed by atoms with Crippen LogP contribution in [0.25, 0.3) is 0 Å². The normalized spacial score (nSPS) is 10.0. The molecule has 0 bridgehead atoms. The van der Waals surface area contributed by atoms with Crippen molar-refractivity contribution in [3.8, 4) is 4.97 Å². The Morgan fingerprint density at radius 1 is 0.857 bits per heavy atom. The predicted octanol–water partition coefficient (Wildman–Crippen LogP) is 4.12. The van der Waals surface area contributed by atoms with Crippen molar-refractivity contribution in [3.63, 3.8) is 0 Å². The van der Waals surface area contributed by atoms with Crippen LogP contribution >= 0.6 is 0 Å². The number of unbranched alkanes of at least 4 members (excludes halogenated alkanes) is 8. The zero-order chi connectivity index (χ0) is 10.5. The van der Waals surface area contributed by atoms with E-state index >= 15 is 0 Å². The number of nitriles is 1. The summed E-state index contributed by atoms with van der Waals surface area (Å²) in [6.07, 6.45) is 12.4. The molecule has 0 saturated carbocycles. The molecule has 0 aliphatic rings. The molecular weight excluding hydrogens is 237 g/mol. The van der Waals surface area contributed by atoms with Crippen molar-refractivity contribution in [1.82, 2.24) is 0 Å². The van der Waals surface area contributed by atoms with Gasteiger partial charge in [-0.3, -0.25) is 0 Å². The van der Waals surface area contributed by atoms with Gasteiger partial charge in [-0.1, -0.05) is 0 Å². The Bertz CT molecular complexity index is 140. The van der Waals surface area contributed by atoms with Gasteiger partial charge in [0.1, 0.15) is 0 Å². The molecule has 0 fully saturated rings. The summed E-state index contributed by atoms with van der Waals surface area (Å²) in [6.45, 7) is 2.26. The zero-order valence-electron chi connectivity index (χ0n) is 9.43. The van der Waals surface area contributed by atoms with E-state index < -0.39 is 0 Å². The molecular formula is C12H23NSe. The fourth-order valence-corrected chi connectivity index (χ4v) is 2.45. The van der Waals surface area contributed by atoms with Gasteiger partial charge in [0, 0.05) is 0 Å². The van der Waals surface area contributed by atoms with Crippen LogP contribution in [0.15, 0.2) is 0 Å². The summed E-state index contributed by atoms with van der Waals surface area (Å²) in [6, 6.07) is 0. The van der Waals surface area contributed by atoms with Gasteiger partial charge < -0.3 is 0 Å². The number of rotatable bonds is 10. The van der Waals surface area contributed by atoms with Crippen molar-refractivity contribution in [3.05, 3.63) is 0 Å². The van der Waals surface area contributed by atoms with Gasteiger partial charge in [-0.2, -0.15) is 0 Å². The third-order valence-corrected chi connectivity index (χ3v) is 3.72. The van der Waals surface area contributed by atoms with E-state index in [0.29, 0.717) is 0 Å². The van der Waals surface area contributed by atoms with Crippen LogP contribution in [0, 0.1) is 10.2 Å². The molecule has 0 saturated heterocycles. The summed E-state index contributed by atoms with van der Waals surface area (Å²) in [7, 11) is 0. The third kappa shape index (κ3) is 12.0. The molecule has 2 heteroatoms. The fraction of sp³-hybridized carbons (Fsp3) is 0.917. The van der Waals surface area contributed by atoms with Crippen molar-refractivity contribution in [1.29, 1.82) is 5.26 Å². The van der Waals surface area contributed by atoms with Gasteiger partial charge in [-0.25, -0.2) is 0 Å². The van der Waals surface area contributed by atoms with Gasteiger partial charge in [-0.15, -0.1) is 0 Å². The summed E-state index contributed by atoms with van der Waals surface area (Å²) in [5.74, 6) is 0. The average Bonchev–Trinajstić information content (AvgIpc) is 2.21. The Kier molecular flexibility index (Phi) is 13.0. The molecule has 0 spiro atoms. The Morgan fingerprint density at radius 2 is 1.36 bits per heavy atom. The molecule has 0 rings (SSSR count). The van der Waals surface area contributed by atoms with Crippen molar-refractivity contribution in [2.24, 2.45) is 0 Å². The number of nitrogens with zero attached hydrogens (tertiary/aromatic N) is 1. The molecule has 0 aliphatic heterocycles. The molecule has 14 heavy (non-hydrogen) atoms. The molecule has 0 aliphatic carbocycles. The molecule has 0 atom stereocenters. The molecule has 0 heterocycles. The second kappa shape index (κ2) is 13.0.